The van der Waals surface area contributed by atoms with E-state index < -0.39 is 0 Å². The molecule has 0 aliphatic carbocycles. The SMILES string of the molecule is CC(C)Cc1cc(CNC(=O)CSc2n[nH]c(-c3ccco3)n2)on1. The Morgan fingerprint density at radius 3 is 3.08 bits per heavy atom. The van der Waals surface area contributed by atoms with Crippen molar-refractivity contribution >= 4 is 17.7 Å². The molecule has 9 heteroatoms. The van der Waals surface area contributed by atoms with Gasteiger partial charge in [0.2, 0.25) is 11.1 Å². The Labute approximate surface area is 148 Å². The summed E-state index contributed by atoms with van der Waals surface area (Å²) in [5.74, 6) is 2.38. The Morgan fingerprint density at radius 2 is 2.32 bits per heavy atom. The van der Waals surface area contributed by atoms with Crippen molar-refractivity contribution in [3.05, 3.63) is 35.9 Å². The molecule has 0 aromatic carbocycles. The van der Waals surface area contributed by atoms with Crippen molar-refractivity contribution in [2.45, 2.75) is 32.0 Å². The molecule has 25 heavy (non-hydrogen) atoms. The van der Waals surface area contributed by atoms with E-state index in [2.05, 4.69) is 39.5 Å². The summed E-state index contributed by atoms with van der Waals surface area (Å²) in [4.78, 5) is 16.2. The highest BCUT2D eigenvalue weighted by Crippen LogP contribution is 2.19. The maximum atomic E-state index is 11.9. The summed E-state index contributed by atoms with van der Waals surface area (Å²) < 4.78 is 10.4. The Morgan fingerprint density at radius 1 is 1.44 bits per heavy atom. The van der Waals surface area contributed by atoms with Gasteiger partial charge < -0.3 is 14.3 Å². The van der Waals surface area contributed by atoms with Crippen molar-refractivity contribution in [3.8, 4) is 11.6 Å². The van der Waals surface area contributed by atoms with E-state index in [0.717, 1.165) is 12.1 Å². The highest BCUT2D eigenvalue weighted by atomic mass is 32.2. The summed E-state index contributed by atoms with van der Waals surface area (Å²) in [5, 5.41) is 14.1. The van der Waals surface area contributed by atoms with Crippen LogP contribution < -0.4 is 5.32 Å². The van der Waals surface area contributed by atoms with Gasteiger partial charge in [0.1, 0.15) is 0 Å². The molecular weight excluding hydrogens is 342 g/mol. The lowest BCUT2D eigenvalue weighted by Gasteiger charge is -2.00. The van der Waals surface area contributed by atoms with Crippen molar-refractivity contribution in [1.29, 1.82) is 0 Å². The summed E-state index contributed by atoms with van der Waals surface area (Å²) in [6, 6.07) is 5.43. The Hall–Kier alpha value is -2.55. The number of aromatic amines is 1. The molecule has 8 nitrogen and oxygen atoms in total. The van der Waals surface area contributed by atoms with Crippen molar-refractivity contribution in [2.24, 2.45) is 5.92 Å². The first-order valence-corrected chi connectivity index (χ1v) is 8.89. The predicted octanol–water partition coefficient (Wildman–Crippen LogP) is 2.66. The third-order valence-electron chi connectivity index (χ3n) is 3.24. The molecule has 0 aliphatic rings. The van der Waals surface area contributed by atoms with E-state index in [-0.39, 0.29) is 11.7 Å². The first-order valence-electron chi connectivity index (χ1n) is 7.90. The number of aromatic nitrogens is 4. The third kappa shape index (κ3) is 4.96. The van der Waals surface area contributed by atoms with Gasteiger partial charge >= 0.3 is 0 Å². The summed E-state index contributed by atoms with van der Waals surface area (Å²) >= 11 is 1.24. The van der Waals surface area contributed by atoms with Crippen LogP contribution in [-0.2, 0) is 17.8 Å². The number of H-pyrrole nitrogens is 1. The zero-order valence-electron chi connectivity index (χ0n) is 14.0. The molecule has 0 aliphatic heterocycles. The second kappa shape index (κ2) is 8.02. The molecule has 1 amide bonds. The minimum atomic E-state index is -0.129. The number of thioether (sulfide) groups is 1. The van der Waals surface area contributed by atoms with Crippen LogP contribution >= 0.6 is 11.8 Å². The predicted molar refractivity (Wildman–Crippen MR) is 91.7 cm³/mol. The van der Waals surface area contributed by atoms with E-state index in [1.807, 2.05) is 6.07 Å². The van der Waals surface area contributed by atoms with Crippen LogP contribution in [-0.4, -0.2) is 32.0 Å². The number of carbonyl (C=O) groups excluding carboxylic acids is 1. The minimum Gasteiger partial charge on any atom is -0.461 e. The molecule has 0 fully saturated rings. The maximum absolute atomic E-state index is 11.9. The standard InChI is InChI=1S/C16H19N5O3S/c1-10(2)6-11-7-12(24-21-11)8-17-14(22)9-25-16-18-15(19-20-16)13-4-3-5-23-13/h3-5,7,10H,6,8-9H2,1-2H3,(H,17,22)(H,18,19,20). The van der Waals surface area contributed by atoms with Gasteiger partial charge in [-0.2, -0.15) is 4.98 Å². The smallest absolute Gasteiger partial charge is 0.230 e. The highest BCUT2D eigenvalue weighted by Gasteiger charge is 2.11. The lowest BCUT2D eigenvalue weighted by molar-refractivity contribution is -0.118. The van der Waals surface area contributed by atoms with Crippen LogP contribution in [0.15, 0.2) is 38.6 Å². The number of nitrogens with one attached hydrogen (secondary N) is 2. The fraction of sp³-hybridized carbons (Fsp3) is 0.375. The average molecular weight is 361 g/mol. The fourth-order valence-electron chi connectivity index (χ4n) is 2.15. The normalized spacial score (nSPS) is 11.2. The molecule has 132 valence electrons. The van der Waals surface area contributed by atoms with Crippen molar-refractivity contribution in [3.63, 3.8) is 0 Å². The average Bonchev–Trinajstić information content (AvgIpc) is 3.31. The molecule has 0 atom stereocenters. The molecule has 0 bridgehead atoms. The Balaban J connectivity index is 1.43. The molecule has 3 rings (SSSR count). The lowest BCUT2D eigenvalue weighted by Crippen LogP contribution is -2.24. The number of hydrogen-bond acceptors (Lipinski definition) is 7. The number of nitrogens with zero attached hydrogens (tertiary/aromatic N) is 3. The van der Waals surface area contributed by atoms with Crippen LogP contribution in [0.3, 0.4) is 0 Å². The largest absolute Gasteiger partial charge is 0.461 e. The van der Waals surface area contributed by atoms with Crippen LogP contribution in [0.5, 0.6) is 0 Å². The van der Waals surface area contributed by atoms with Gasteiger partial charge in [0, 0.05) is 6.07 Å². The molecule has 2 N–H and O–H groups in total. The van der Waals surface area contributed by atoms with Crippen LogP contribution in [0.1, 0.15) is 25.3 Å². The molecule has 0 saturated heterocycles. The molecule has 0 spiro atoms. The zero-order chi connectivity index (χ0) is 17.6. The van der Waals surface area contributed by atoms with E-state index in [1.165, 1.54) is 11.8 Å². The lowest BCUT2D eigenvalue weighted by atomic mass is 10.1. The molecule has 3 aromatic heterocycles. The number of carbonyl (C=O) groups is 1. The van der Waals surface area contributed by atoms with Crippen LogP contribution in [0.2, 0.25) is 0 Å². The second-order valence-corrected chi connectivity index (χ2v) is 6.83. The summed E-state index contributed by atoms with van der Waals surface area (Å²) in [7, 11) is 0. The van der Waals surface area contributed by atoms with Crippen LogP contribution in [0.4, 0.5) is 0 Å². The van der Waals surface area contributed by atoms with E-state index in [1.54, 1.807) is 18.4 Å². The summed E-state index contributed by atoms with van der Waals surface area (Å²) in [6.45, 7) is 4.55. The Kier molecular flexibility index (Phi) is 5.54. The van der Waals surface area contributed by atoms with Crippen molar-refractivity contribution in [2.75, 3.05) is 5.75 Å². The van der Waals surface area contributed by atoms with Gasteiger partial charge in [-0.25, -0.2) is 0 Å². The molecule has 3 heterocycles. The number of furan rings is 1. The molecular formula is C16H19N5O3S. The topological polar surface area (TPSA) is 110 Å². The van der Waals surface area contributed by atoms with Gasteiger partial charge in [-0.15, -0.1) is 5.10 Å². The van der Waals surface area contributed by atoms with Gasteiger partial charge in [0.05, 0.1) is 24.3 Å². The number of hydrogen-bond donors (Lipinski definition) is 2. The monoisotopic (exact) mass is 361 g/mol. The van der Waals surface area contributed by atoms with E-state index in [9.17, 15) is 4.79 Å². The van der Waals surface area contributed by atoms with E-state index in [0.29, 0.717) is 35.0 Å². The van der Waals surface area contributed by atoms with Gasteiger partial charge in [0.15, 0.2) is 17.3 Å². The molecule has 3 aromatic rings. The zero-order valence-corrected chi connectivity index (χ0v) is 14.8. The fourth-order valence-corrected chi connectivity index (χ4v) is 2.78. The Bertz CT molecular complexity index is 809. The minimum absolute atomic E-state index is 0.129. The second-order valence-electron chi connectivity index (χ2n) is 5.89. The van der Waals surface area contributed by atoms with Gasteiger partial charge in [-0.05, 0) is 24.5 Å². The first-order chi connectivity index (χ1) is 12.1. The summed E-state index contributed by atoms with van der Waals surface area (Å²) in [5.41, 5.74) is 0.903. The number of rotatable bonds is 8. The summed E-state index contributed by atoms with van der Waals surface area (Å²) in [6.07, 6.45) is 2.42. The number of amides is 1. The maximum Gasteiger partial charge on any atom is 0.230 e. The molecule has 0 saturated carbocycles. The highest BCUT2D eigenvalue weighted by molar-refractivity contribution is 7.99. The van der Waals surface area contributed by atoms with Crippen LogP contribution in [0.25, 0.3) is 11.6 Å². The van der Waals surface area contributed by atoms with Crippen LogP contribution in [0, 0.1) is 5.92 Å². The molecule has 0 unspecified atom stereocenters. The third-order valence-corrected chi connectivity index (χ3v) is 4.08. The van der Waals surface area contributed by atoms with Gasteiger partial charge in [-0.3, -0.25) is 9.89 Å². The van der Waals surface area contributed by atoms with Gasteiger partial charge in [0.25, 0.3) is 0 Å². The van der Waals surface area contributed by atoms with Crippen molar-refractivity contribution in [1.82, 2.24) is 25.7 Å². The molecule has 0 radical (unpaired) electrons. The van der Waals surface area contributed by atoms with Gasteiger partial charge in [-0.1, -0.05) is 30.8 Å². The quantitative estimate of drug-likeness (QED) is 0.593. The van der Waals surface area contributed by atoms with Crippen molar-refractivity contribution < 1.29 is 13.7 Å². The van der Waals surface area contributed by atoms with E-state index in [4.69, 9.17) is 8.94 Å². The van der Waals surface area contributed by atoms with E-state index >= 15 is 0 Å². The first kappa shape index (κ1) is 17.3.